The number of allylic oxidation sites excluding steroid dienone is 1. The smallest absolute Gasteiger partial charge is 0.0145 e. The highest BCUT2D eigenvalue weighted by Gasteiger charge is 2.37. The van der Waals surface area contributed by atoms with Crippen molar-refractivity contribution in [2.45, 2.75) is 23.7 Å². The maximum atomic E-state index is 2.42. The molecule has 1 atom stereocenters. The highest BCUT2D eigenvalue weighted by Crippen LogP contribution is 2.54. The Labute approximate surface area is 143 Å². The molecular formula is C21H23NS. The second-order valence-corrected chi connectivity index (χ2v) is 7.69. The molecule has 4 rings (SSSR count). The summed E-state index contributed by atoms with van der Waals surface area (Å²) in [7, 11) is 4.33. The highest BCUT2D eigenvalue weighted by atomic mass is 32.2. The lowest BCUT2D eigenvalue weighted by molar-refractivity contribution is 0.419. The Morgan fingerprint density at radius 1 is 1.09 bits per heavy atom. The zero-order valence-electron chi connectivity index (χ0n) is 14.1. The first-order valence-corrected chi connectivity index (χ1v) is 9.56. The van der Waals surface area contributed by atoms with Crippen LogP contribution in [0.15, 0.2) is 47.4 Å². The van der Waals surface area contributed by atoms with Gasteiger partial charge >= 0.3 is 0 Å². The van der Waals surface area contributed by atoms with E-state index >= 15 is 0 Å². The van der Waals surface area contributed by atoms with Gasteiger partial charge in [-0.1, -0.05) is 30.3 Å². The topological polar surface area (TPSA) is 3.24 Å². The fourth-order valence-corrected chi connectivity index (χ4v) is 4.53. The Bertz CT molecular complexity index is 788. The molecule has 0 saturated heterocycles. The minimum Gasteiger partial charge on any atom is -0.309 e. The van der Waals surface area contributed by atoms with Crippen LogP contribution < -0.4 is 0 Å². The van der Waals surface area contributed by atoms with Crippen LogP contribution in [0.2, 0.25) is 0 Å². The van der Waals surface area contributed by atoms with Crippen LogP contribution in [0.5, 0.6) is 0 Å². The van der Waals surface area contributed by atoms with Crippen molar-refractivity contribution < 1.29 is 0 Å². The summed E-state index contributed by atoms with van der Waals surface area (Å²) >= 11 is 1.84. The predicted molar refractivity (Wildman–Crippen MR) is 101 cm³/mol. The zero-order chi connectivity index (χ0) is 16.0. The molecule has 1 unspecified atom stereocenters. The van der Waals surface area contributed by atoms with Crippen LogP contribution in [-0.4, -0.2) is 31.8 Å². The van der Waals surface area contributed by atoms with Crippen molar-refractivity contribution in [1.82, 2.24) is 4.90 Å². The summed E-state index contributed by atoms with van der Waals surface area (Å²) in [4.78, 5) is 3.67. The van der Waals surface area contributed by atoms with E-state index in [9.17, 15) is 0 Å². The minimum absolute atomic E-state index is 0.579. The summed E-state index contributed by atoms with van der Waals surface area (Å²) in [5.41, 5.74) is 9.26. The van der Waals surface area contributed by atoms with E-state index in [1.165, 1.54) is 28.0 Å². The van der Waals surface area contributed by atoms with E-state index in [1.54, 1.807) is 16.7 Å². The number of hydrogen-bond acceptors (Lipinski definition) is 2. The molecule has 0 N–H and O–H groups in total. The Morgan fingerprint density at radius 2 is 1.91 bits per heavy atom. The normalized spacial score (nSPS) is 18.3. The number of hydrogen-bond donors (Lipinski definition) is 0. The van der Waals surface area contributed by atoms with E-state index < -0.39 is 0 Å². The van der Waals surface area contributed by atoms with Crippen LogP contribution in [0.1, 0.15) is 34.6 Å². The third-order valence-corrected chi connectivity index (χ3v) is 5.90. The molecule has 2 aromatic carbocycles. The lowest BCUT2D eigenvalue weighted by Gasteiger charge is -2.14. The Morgan fingerprint density at radius 3 is 2.70 bits per heavy atom. The molecule has 0 aromatic heterocycles. The van der Waals surface area contributed by atoms with Crippen molar-refractivity contribution in [2.24, 2.45) is 0 Å². The molecule has 0 fully saturated rings. The SMILES string of the molecule is CSc1ccc2c(c1)C(CCN(C)C)=C1c3ccccc3CC12. The van der Waals surface area contributed by atoms with E-state index in [1.807, 2.05) is 11.8 Å². The van der Waals surface area contributed by atoms with Crippen LogP contribution in [0, 0.1) is 0 Å². The van der Waals surface area contributed by atoms with Gasteiger partial charge in [-0.05, 0) is 78.7 Å². The van der Waals surface area contributed by atoms with Crippen molar-refractivity contribution in [3.63, 3.8) is 0 Å². The first-order chi connectivity index (χ1) is 11.2. The molecule has 0 spiro atoms. The quantitative estimate of drug-likeness (QED) is 0.735. The van der Waals surface area contributed by atoms with Gasteiger partial charge in [0.1, 0.15) is 0 Å². The van der Waals surface area contributed by atoms with Gasteiger partial charge in [-0.2, -0.15) is 0 Å². The number of fused-ring (bicyclic) bond motifs is 5. The molecule has 23 heavy (non-hydrogen) atoms. The summed E-state index contributed by atoms with van der Waals surface area (Å²) in [6.45, 7) is 1.11. The van der Waals surface area contributed by atoms with Gasteiger partial charge in [0.05, 0.1) is 0 Å². The van der Waals surface area contributed by atoms with Crippen molar-refractivity contribution in [2.75, 3.05) is 26.9 Å². The van der Waals surface area contributed by atoms with Crippen molar-refractivity contribution in [3.05, 3.63) is 64.7 Å². The molecule has 118 valence electrons. The lowest BCUT2D eigenvalue weighted by atomic mass is 9.96. The van der Waals surface area contributed by atoms with E-state index in [-0.39, 0.29) is 0 Å². The molecule has 2 aliphatic rings. The van der Waals surface area contributed by atoms with Crippen molar-refractivity contribution in [1.29, 1.82) is 0 Å². The Hall–Kier alpha value is -1.51. The molecule has 0 amide bonds. The molecule has 0 heterocycles. The van der Waals surface area contributed by atoms with Gasteiger partial charge in [-0.15, -0.1) is 11.8 Å². The van der Waals surface area contributed by atoms with Gasteiger partial charge in [0.15, 0.2) is 0 Å². The summed E-state index contributed by atoms with van der Waals surface area (Å²) < 4.78 is 0. The predicted octanol–water partition coefficient (Wildman–Crippen LogP) is 4.92. The van der Waals surface area contributed by atoms with E-state index in [0.717, 1.165) is 13.0 Å². The molecule has 2 aromatic rings. The molecule has 0 bridgehead atoms. The first-order valence-electron chi connectivity index (χ1n) is 8.33. The fourth-order valence-electron chi connectivity index (χ4n) is 4.09. The standard InChI is InChI=1S/C21H23NS/c1-22(2)11-10-18-19-13-15(23-3)8-9-17(19)20-12-14-6-4-5-7-16(14)21(18)20/h4-9,13,20H,10-12H2,1-3H3. The molecule has 1 nitrogen and oxygen atoms in total. The summed E-state index contributed by atoms with van der Waals surface area (Å²) in [5.74, 6) is 0.579. The number of nitrogens with zero attached hydrogens (tertiary/aromatic N) is 1. The number of rotatable bonds is 4. The van der Waals surface area contributed by atoms with Gasteiger partial charge in [0.2, 0.25) is 0 Å². The van der Waals surface area contributed by atoms with Crippen LogP contribution >= 0.6 is 11.8 Å². The summed E-state index contributed by atoms with van der Waals surface area (Å²) in [6.07, 6.45) is 4.47. The van der Waals surface area contributed by atoms with Crippen molar-refractivity contribution >= 4 is 22.9 Å². The number of benzene rings is 2. The summed E-state index contributed by atoms with van der Waals surface area (Å²) in [6, 6.07) is 16.1. The molecule has 0 radical (unpaired) electrons. The van der Waals surface area contributed by atoms with Crippen LogP contribution in [-0.2, 0) is 6.42 Å². The molecular weight excluding hydrogens is 298 g/mol. The van der Waals surface area contributed by atoms with E-state index in [4.69, 9.17) is 0 Å². The second-order valence-electron chi connectivity index (χ2n) is 6.81. The maximum Gasteiger partial charge on any atom is 0.0145 e. The van der Waals surface area contributed by atoms with Gasteiger partial charge in [-0.3, -0.25) is 0 Å². The summed E-state index contributed by atoms with van der Waals surface area (Å²) in [5, 5.41) is 0. The molecule has 0 aliphatic heterocycles. The molecule has 2 heteroatoms. The van der Waals surface area contributed by atoms with Gasteiger partial charge in [0, 0.05) is 17.4 Å². The first kappa shape index (κ1) is 15.0. The Kier molecular flexibility index (Phi) is 3.82. The monoisotopic (exact) mass is 321 g/mol. The van der Waals surface area contributed by atoms with Crippen molar-refractivity contribution in [3.8, 4) is 0 Å². The van der Waals surface area contributed by atoms with Crippen LogP contribution in [0.3, 0.4) is 0 Å². The fraction of sp³-hybridized carbons (Fsp3) is 0.333. The van der Waals surface area contributed by atoms with Gasteiger partial charge in [0.25, 0.3) is 0 Å². The lowest BCUT2D eigenvalue weighted by Crippen LogP contribution is -2.13. The number of thioether (sulfide) groups is 1. The second kappa shape index (κ2) is 5.85. The van der Waals surface area contributed by atoms with E-state index in [0.29, 0.717) is 5.92 Å². The molecule has 2 aliphatic carbocycles. The highest BCUT2D eigenvalue weighted by molar-refractivity contribution is 7.98. The van der Waals surface area contributed by atoms with Gasteiger partial charge in [-0.25, -0.2) is 0 Å². The third kappa shape index (κ3) is 2.45. The van der Waals surface area contributed by atoms with Crippen LogP contribution in [0.4, 0.5) is 0 Å². The zero-order valence-corrected chi connectivity index (χ0v) is 14.9. The average Bonchev–Trinajstić information content (AvgIpc) is 3.07. The Balaban J connectivity index is 1.87. The minimum atomic E-state index is 0.579. The average molecular weight is 321 g/mol. The van der Waals surface area contributed by atoms with Crippen LogP contribution in [0.25, 0.3) is 11.1 Å². The third-order valence-electron chi connectivity index (χ3n) is 5.18. The van der Waals surface area contributed by atoms with Gasteiger partial charge < -0.3 is 4.90 Å². The maximum absolute atomic E-state index is 2.42. The van der Waals surface area contributed by atoms with E-state index in [2.05, 4.69) is 67.7 Å². The molecule has 0 saturated carbocycles. The largest absolute Gasteiger partial charge is 0.309 e.